The van der Waals surface area contributed by atoms with Gasteiger partial charge in [0.1, 0.15) is 6.61 Å². The second kappa shape index (κ2) is 8.89. The van der Waals surface area contributed by atoms with Gasteiger partial charge in [0.05, 0.1) is 12.1 Å². The van der Waals surface area contributed by atoms with Gasteiger partial charge in [0, 0.05) is 11.3 Å². The number of carbonyl (C=O) groups is 2. The predicted octanol–water partition coefficient (Wildman–Crippen LogP) is 4.42. The van der Waals surface area contributed by atoms with Gasteiger partial charge in [-0.1, -0.05) is 48.5 Å². The van der Waals surface area contributed by atoms with Crippen LogP contribution in [0.25, 0.3) is 0 Å². The molecule has 2 amide bonds. The summed E-state index contributed by atoms with van der Waals surface area (Å²) >= 11 is 0. The number of hydrogen-bond acceptors (Lipinski definition) is 4. The molecule has 0 radical (unpaired) electrons. The van der Waals surface area contributed by atoms with Gasteiger partial charge < -0.3 is 14.8 Å². The zero-order valence-corrected chi connectivity index (χ0v) is 15.2. The number of carbonyl (C=O) groups excluding carboxylic acids is 2. The van der Waals surface area contributed by atoms with Crippen molar-refractivity contribution < 1.29 is 19.1 Å². The Morgan fingerprint density at radius 2 is 1.58 bits per heavy atom. The van der Waals surface area contributed by atoms with Crippen molar-refractivity contribution in [3.05, 3.63) is 65.7 Å². The van der Waals surface area contributed by atoms with Gasteiger partial charge in [-0.15, -0.1) is 0 Å². The lowest BCUT2D eigenvalue weighted by Gasteiger charge is -2.28. The molecule has 0 heterocycles. The van der Waals surface area contributed by atoms with Crippen molar-refractivity contribution in [3.63, 3.8) is 0 Å². The summed E-state index contributed by atoms with van der Waals surface area (Å²) in [5, 5.41) is 5.53. The highest BCUT2D eigenvalue weighted by Gasteiger charge is 2.27. The number of rotatable bonds is 6. The first kappa shape index (κ1) is 19.3. The van der Waals surface area contributed by atoms with E-state index in [0.717, 1.165) is 11.1 Å². The van der Waals surface area contributed by atoms with Crippen molar-refractivity contribution in [3.8, 4) is 0 Å². The molecule has 2 aromatic carbocycles. The summed E-state index contributed by atoms with van der Waals surface area (Å²) in [7, 11) is 0. The van der Waals surface area contributed by atoms with Crippen LogP contribution in [0.15, 0.2) is 54.6 Å². The van der Waals surface area contributed by atoms with Crippen LogP contribution in [0.5, 0.6) is 0 Å². The second-order valence-electron chi connectivity index (χ2n) is 6.20. The van der Waals surface area contributed by atoms with Crippen LogP contribution in [0.1, 0.15) is 31.9 Å². The monoisotopic (exact) mass is 356 g/mol. The maximum Gasteiger partial charge on any atom is 0.411 e. The van der Waals surface area contributed by atoms with Crippen molar-refractivity contribution in [1.29, 1.82) is 0 Å². The topological polar surface area (TPSA) is 76.7 Å². The zero-order chi connectivity index (χ0) is 19.0. The Morgan fingerprint density at radius 3 is 2.27 bits per heavy atom. The van der Waals surface area contributed by atoms with Crippen LogP contribution in [0.2, 0.25) is 0 Å². The lowest BCUT2D eigenvalue weighted by atomic mass is 9.93. The van der Waals surface area contributed by atoms with Gasteiger partial charge >= 0.3 is 12.2 Å². The molecular formula is C20H24N2O4. The molecule has 0 atom stereocenters. The predicted molar refractivity (Wildman–Crippen MR) is 99.9 cm³/mol. The molecule has 0 unspecified atom stereocenters. The molecule has 138 valence electrons. The third kappa shape index (κ3) is 5.51. The molecule has 6 nitrogen and oxygen atoms in total. The van der Waals surface area contributed by atoms with Crippen molar-refractivity contribution in [2.45, 2.75) is 32.9 Å². The summed E-state index contributed by atoms with van der Waals surface area (Å²) in [5.74, 6) is 0. The number of nitrogens with one attached hydrogen (secondary N) is 2. The highest BCUT2D eigenvalue weighted by molar-refractivity contribution is 5.86. The number of ether oxygens (including phenoxy) is 2. The normalized spacial score (nSPS) is 10.7. The maximum atomic E-state index is 12.2. The van der Waals surface area contributed by atoms with Crippen LogP contribution < -0.4 is 10.6 Å². The summed E-state index contributed by atoms with van der Waals surface area (Å²) < 4.78 is 10.2. The van der Waals surface area contributed by atoms with E-state index < -0.39 is 17.7 Å². The Bertz CT molecular complexity index is 744. The molecule has 0 fully saturated rings. The number of para-hydroxylation sites is 1. The third-order valence-corrected chi connectivity index (χ3v) is 3.74. The van der Waals surface area contributed by atoms with Gasteiger partial charge in [0.2, 0.25) is 0 Å². The summed E-state index contributed by atoms with van der Waals surface area (Å²) in [6, 6.07) is 16.7. The SMILES string of the molecule is CCOC(=O)Nc1ccccc1C(C)(C)NC(=O)OCc1ccccc1. The molecule has 2 aromatic rings. The standard InChI is InChI=1S/C20H24N2O4/c1-4-25-18(23)21-17-13-9-8-12-16(17)20(2,3)22-19(24)26-14-15-10-6-5-7-11-15/h5-13H,4,14H2,1-3H3,(H,21,23)(H,22,24). The van der Waals surface area contributed by atoms with Crippen LogP contribution in [0.3, 0.4) is 0 Å². The lowest BCUT2D eigenvalue weighted by molar-refractivity contribution is 0.129. The van der Waals surface area contributed by atoms with Gasteiger partial charge in [-0.3, -0.25) is 5.32 Å². The van der Waals surface area contributed by atoms with Crippen molar-refractivity contribution >= 4 is 17.9 Å². The van der Waals surface area contributed by atoms with Crippen LogP contribution in [-0.4, -0.2) is 18.8 Å². The summed E-state index contributed by atoms with van der Waals surface area (Å²) in [6.07, 6.45) is -1.08. The average molecular weight is 356 g/mol. The van der Waals surface area contributed by atoms with Gasteiger partial charge in [-0.25, -0.2) is 9.59 Å². The first-order chi connectivity index (χ1) is 12.4. The highest BCUT2D eigenvalue weighted by Crippen LogP contribution is 2.28. The Hall–Kier alpha value is -3.02. The summed E-state index contributed by atoms with van der Waals surface area (Å²) in [6.45, 7) is 5.87. The first-order valence-corrected chi connectivity index (χ1v) is 8.44. The number of alkyl carbamates (subject to hydrolysis) is 1. The van der Waals surface area contributed by atoms with Crippen molar-refractivity contribution in [2.24, 2.45) is 0 Å². The lowest BCUT2D eigenvalue weighted by Crippen LogP contribution is -2.41. The second-order valence-corrected chi connectivity index (χ2v) is 6.20. The number of benzene rings is 2. The van der Waals surface area contributed by atoms with E-state index in [-0.39, 0.29) is 13.2 Å². The largest absolute Gasteiger partial charge is 0.450 e. The van der Waals surface area contributed by atoms with E-state index in [1.165, 1.54) is 0 Å². The Kier molecular flexibility index (Phi) is 6.60. The minimum atomic E-state index is -0.760. The molecule has 0 aliphatic rings. The van der Waals surface area contributed by atoms with E-state index >= 15 is 0 Å². The molecule has 2 rings (SSSR count). The minimum Gasteiger partial charge on any atom is -0.450 e. The molecular weight excluding hydrogens is 332 g/mol. The fourth-order valence-electron chi connectivity index (χ4n) is 2.50. The molecule has 0 aliphatic carbocycles. The average Bonchev–Trinajstić information content (AvgIpc) is 2.61. The molecule has 0 aromatic heterocycles. The minimum absolute atomic E-state index is 0.186. The molecule has 0 spiro atoms. The number of amides is 2. The zero-order valence-electron chi connectivity index (χ0n) is 15.2. The molecule has 0 saturated carbocycles. The van der Waals surface area contributed by atoms with E-state index in [4.69, 9.17) is 9.47 Å². The van der Waals surface area contributed by atoms with E-state index in [2.05, 4.69) is 10.6 Å². The number of hydrogen-bond donors (Lipinski definition) is 2. The fraction of sp³-hybridized carbons (Fsp3) is 0.300. The van der Waals surface area contributed by atoms with Crippen LogP contribution >= 0.6 is 0 Å². The smallest absolute Gasteiger partial charge is 0.411 e. The number of anilines is 1. The van der Waals surface area contributed by atoms with E-state index in [1.54, 1.807) is 19.1 Å². The van der Waals surface area contributed by atoms with Gasteiger partial charge in [-0.05, 0) is 32.4 Å². The van der Waals surface area contributed by atoms with Crippen LogP contribution in [-0.2, 0) is 21.6 Å². The Labute approximate surface area is 153 Å². The quantitative estimate of drug-likeness (QED) is 0.803. The third-order valence-electron chi connectivity index (χ3n) is 3.74. The van der Waals surface area contributed by atoms with Gasteiger partial charge in [0.15, 0.2) is 0 Å². The van der Waals surface area contributed by atoms with Gasteiger partial charge in [0.25, 0.3) is 0 Å². The molecule has 0 bridgehead atoms. The summed E-state index contributed by atoms with van der Waals surface area (Å²) in [4.78, 5) is 23.9. The van der Waals surface area contributed by atoms with Crippen LogP contribution in [0, 0.1) is 0 Å². The van der Waals surface area contributed by atoms with Crippen LogP contribution in [0.4, 0.5) is 15.3 Å². The molecule has 26 heavy (non-hydrogen) atoms. The first-order valence-electron chi connectivity index (χ1n) is 8.44. The molecule has 0 saturated heterocycles. The Morgan fingerprint density at radius 1 is 0.923 bits per heavy atom. The van der Waals surface area contributed by atoms with Crippen molar-refractivity contribution in [1.82, 2.24) is 5.32 Å². The molecule has 6 heteroatoms. The molecule has 0 aliphatic heterocycles. The Balaban J connectivity index is 2.04. The highest BCUT2D eigenvalue weighted by atomic mass is 16.6. The summed E-state index contributed by atoms with van der Waals surface area (Å²) in [5.41, 5.74) is 1.46. The van der Waals surface area contributed by atoms with Gasteiger partial charge in [-0.2, -0.15) is 0 Å². The van der Waals surface area contributed by atoms with E-state index in [1.807, 2.05) is 56.3 Å². The van der Waals surface area contributed by atoms with Crippen molar-refractivity contribution in [2.75, 3.05) is 11.9 Å². The fourth-order valence-corrected chi connectivity index (χ4v) is 2.50. The maximum absolute atomic E-state index is 12.2. The van der Waals surface area contributed by atoms with E-state index in [0.29, 0.717) is 5.69 Å². The van der Waals surface area contributed by atoms with E-state index in [9.17, 15) is 9.59 Å². The molecule has 2 N–H and O–H groups in total.